The highest BCUT2D eigenvalue weighted by Gasteiger charge is 2.40. The topological polar surface area (TPSA) is 61.7 Å². The van der Waals surface area contributed by atoms with E-state index in [2.05, 4.69) is 10.2 Å². The molecule has 1 atom stereocenters. The van der Waals surface area contributed by atoms with Crippen molar-refractivity contribution in [3.63, 3.8) is 0 Å². The number of hydrogen-bond acceptors (Lipinski definition) is 3. The summed E-state index contributed by atoms with van der Waals surface area (Å²) < 4.78 is 42.9. The Balaban J connectivity index is 2.19. The first kappa shape index (κ1) is 15.6. The zero-order chi connectivity index (χ0) is 16.8. The van der Waals surface area contributed by atoms with Gasteiger partial charge in [-0.05, 0) is 30.8 Å². The first-order valence-corrected chi connectivity index (χ1v) is 7.44. The number of aromatic nitrogens is 4. The summed E-state index contributed by atoms with van der Waals surface area (Å²) in [6.07, 6.45) is 1.33. The molecule has 0 saturated carbocycles. The molecule has 0 saturated heterocycles. The van der Waals surface area contributed by atoms with Gasteiger partial charge in [0.2, 0.25) is 0 Å². The highest BCUT2D eigenvalue weighted by Crippen LogP contribution is 2.41. The van der Waals surface area contributed by atoms with Gasteiger partial charge in [-0.3, -0.25) is 4.68 Å². The van der Waals surface area contributed by atoms with Crippen molar-refractivity contribution in [1.82, 2.24) is 19.6 Å². The van der Waals surface area contributed by atoms with E-state index in [9.17, 15) is 13.2 Å². The van der Waals surface area contributed by atoms with Crippen LogP contribution >= 0.6 is 0 Å². The van der Waals surface area contributed by atoms with Crippen molar-refractivity contribution in [3.8, 4) is 5.82 Å². The third-order valence-corrected chi connectivity index (χ3v) is 4.02. The summed E-state index contributed by atoms with van der Waals surface area (Å²) >= 11 is 0. The normalized spacial score (nSPS) is 19.0. The summed E-state index contributed by atoms with van der Waals surface area (Å²) in [5.41, 5.74) is 5.70. The molecule has 3 rings (SSSR count). The molecule has 5 nitrogen and oxygen atoms in total. The zero-order valence-electron chi connectivity index (χ0n) is 12.9. The Hall–Kier alpha value is -2.25. The molecule has 0 aliphatic heterocycles. The van der Waals surface area contributed by atoms with Gasteiger partial charge in [-0.1, -0.05) is 13.0 Å². The third kappa shape index (κ3) is 2.85. The lowest BCUT2D eigenvalue weighted by molar-refractivity contribution is -0.141. The number of nitrogens with two attached hydrogens (primary N) is 1. The molecule has 0 radical (unpaired) electrons. The van der Waals surface area contributed by atoms with Crippen LogP contribution in [0.2, 0.25) is 0 Å². The lowest BCUT2D eigenvalue weighted by atomic mass is 9.88. The Labute approximate surface area is 131 Å². The number of allylic oxidation sites excluding steroid dienone is 2. The number of nitrogen functional groups attached to an aromatic ring is 1. The van der Waals surface area contributed by atoms with Crippen LogP contribution in [0.25, 0.3) is 11.4 Å². The highest BCUT2D eigenvalue weighted by molar-refractivity contribution is 5.77. The van der Waals surface area contributed by atoms with Crippen molar-refractivity contribution in [1.29, 1.82) is 0 Å². The molecule has 2 aromatic heterocycles. The van der Waals surface area contributed by atoms with Crippen LogP contribution in [0.5, 0.6) is 0 Å². The average molecular weight is 325 g/mol. The number of aryl methyl sites for hydroxylation is 1. The highest BCUT2D eigenvalue weighted by atomic mass is 19.4. The van der Waals surface area contributed by atoms with Gasteiger partial charge >= 0.3 is 6.18 Å². The molecule has 1 aliphatic rings. The standard InChI is InChI=1S/C15H18F3N5/c1-9-4-3-5-10(8-9)12-13(15(16,17)18)21-23(14(12)19)11-6-7-22(2)20-11/h6-9H,3-5,19H2,1-2H3. The Kier molecular flexibility index (Phi) is 3.69. The quantitative estimate of drug-likeness (QED) is 0.920. The van der Waals surface area contributed by atoms with Gasteiger partial charge in [0.25, 0.3) is 0 Å². The van der Waals surface area contributed by atoms with Crippen LogP contribution in [0.4, 0.5) is 19.0 Å². The maximum atomic E-state index is 13.4. The number of anilines is 1. The number of nitrogens with zero attached hydrogens (tertiary/aromatic N) is 4. The van der Waals surface area contributed by atoms with Crippen molar-refractivity contribution in [3.05, 3.63) is 29.6 Å². The monoisotopic (exact) mass is 325 g/mol. The Morgan fingerprint density at radius 2 is 2.04 bits per heavy atom. The largest absolute Gasteiger partial charge is 0.435 e. The van der Waals surface area contributed by atoms with E-state index in [0.717, 1.165) is 17.5 Å². The van der Waals surface area contributed by atoms with Crippen LogP contribution in [0.15, 0.2) is 18.3 Å². The van der Waals surface area contributed by atoms with Gasteiger partial charge in [-0.2, -0.15) is 28.1 Å². The molecule has 1 unspecified atom stereocenters. The van der Waals surface area contributed by atoms with E-state index in [4.69, 9.17) is 5.73 Å². The fourth-order valence-electron chi connectivity index (χ4n) is 2.97. The van der Waals surface area contributed by atoms with Gasteiger partial charge in [0.1, 0.15) is 5.82 Å². The minimum Gasteiger partial charge on any atom is -0.383 e. The van der Waals surface area contributed by atoms with Crippen LogP contribution in [-0.2, 0) is 13.2 Å². The number of rotatable bonds is 2. The van der Waals surface area contributed by atoms with E-state index in [1.807, 2.05) is 13.0 Å². The van der Waals surface area contributed by atoms with E-state index in [1.54, 1.807) is 19.3 Å². The van der Waals surface area contributed by atoms with Gasteiger partial charge < -0.3 is 5.73 Å². The molecule has 0 amide bonds. The van der Waals surface area contributed by atoms with Gasteiger partial charge in [0.15, 0.2) is 11.5 Å². The molecule has 0 aromatic carbocycles. The summed E-state index contributed by atoms with van der Waals surface area (Å²) in [6.45, 7) is 1.99. The van der Waals surface area contributed by atoms with E-state index in [1.165, 1.54) is 4.68 Å². The van der Waals surface area contributed by atoms with Crippen LogP contribution in [0.1, 0.15) is 37.4 Å². The van der Waals surface area contributed by atoms with Crippen molar-refractivity contribution < 1.29 is 13.2 Å². The first-order chi connectivity index (χ1) is 10.8. The second kappa shape index (κ2) is 5.43. The molecule has 1 aliphatic carbocycles. The lowest BCUT2D eigenvalue weighted by Gasteiger charge is -2.18. The van der Waals surface area contributed by atoms with Crippen molar-refractivity contribution >= 4 is 11.4 Å². The molecule has 8 heteroatoms. The summed E-state index contributed by atoms with van der Waals surface area (Å²) in [4.78, 5) is 0. The van der Waals surface area contributed by atoms with Crippen LogP contribution in [-0.4, -0.2) is 19.6 Å². The molecular formula is C15H18F3N5. The van der Waals surface area contributed by atoms with Gasteiger partial charge in [0.05, 0.1) is 5.56 Å². The summed E-state index contributed by atoms with van der Waals surface area (Å²) in [7, 11) is 1.68. The van der Waals surface area contributed by atoms with Crippen molar-refractivity contribution in [2.75, 3.05) is 5.73 Å². The summed E-state index contributed by atoms with van der Waals surface area (Å²) in [6, 6.07) is 1.57. The maximum Gasteiger partial charge on any atom is 0.435 e. The molecule has 2 heterocycles. The minimum absolute atomic E-state index is 0.00490. The molecule has 0 fully saturated rings. The molecule has 0 bridgehead atoms. The number of alkyl halides is 3. The van der Waals surface area contributed by atoms with Crippen molar-refractivity contribution in [2.45, 2.75) is 32.4 Å². The second-order valence-electron chi connectivity index (χ2n) is 5.93. The first-order valence-electron chi connectivity index (χ1n) is 7.44. The van der Waals surface area contributed by atoms with Crippen LogP contribution < -0.4 is 5.73 Å². The summed E-state index contributed by atoms with van der Waals surface area (Å²) in [5.74, 6) is 0.486. The maximum absolute atomic E-state index is 13.4. The van der Waals surface area contributed by atoms with Gasteiger partial charge in [-0.25, -0.2) is 0 Å². The predicted molar refractivity (Wildman–Crippen MR) is 80.7 cm³/mol. The fourth-order valence-corrected chi connectivity index (χ4v) is 2.97. The average Bonchev–Trinajstić information content (AvgIpc) is 3.02. The van der Waals surface area contributed by atoms with Crippen molar-refractivity contribution in [2.24, 2.45) is 13.0 Å². The fraction of sp³-hybridized carbons (Fsp3) is 0.467. The lowest BCUT2D eigenvalue weighted by Crippen LogP contribution is -2.11. The molecule has 2 aromatic rings. The number of hydrogen-bond donors (Lipinski definition) is 1. The molecule has 2 N–H and O–H groups in total. The Morgan fingerprint density at radius 1 is 1.30 bits per heavy atom. The van der Waals surface area contributed by atoms with E-state index in [-0.39, 0.29) is 23.1 Å². The Bertz CT molecular complexity index is 754. The molecule has 0 spiro atoms. The molecule has 23 heavy (non-hydrogen) atoms. The smallest absolute Gasteiger partial charge is 0.383 e. The van der Waals surface area contributed by atoms with Crippen LogP contribution in [0, 0.1) is 5.92 Å². The van der Waals surface area contributed by atoms with E-state index in [0.29, 0.717) is 12.0 Å². The predicted octanol–water partition coefficient (Wildman–Crippen LogP) is 3.41. The van der Waals surface area contributed by atoms with E-state index < -0.39 is 11.9 Å². The molecular weight excluding hydrogens is 307 g/mol. The SMILES string of the molecule is CC1C=C(c2c(C(F)(F)F)nn(-c3ccn(C)n3)c2N)CCC1. The van der Waals surface area contributed by atoms with Crippen LogP contribution in [0.3, 0.4) is 0 Å². The Morgan fingerprint density at radius 3 is 2.61 bits per heavy atom. The van der Waals surface area contributed by atoms with Gasteiger partial charge in [0, 0.05) is 19.3 Å². The third-order valence-electron chi connectivity index (χ3n) is 4.02. The number of halogens is 3. The minimum atomic E-state index is -4.56. The van der Waals surface area contributed by atoms with Gasteiger partial charge in [-0.15, -0.1) is 0 Å². The zero-order valence-corrected chi connectivity index (χ0v) is 12.9. The molecule has 124 valence electrons. The van der Waals surface area contributed by atoms with E-state index >= 15 is 0 Å². The second-order valence-corrected chi connectivity index (χ2v) is 5.93. The summed E-state index contributed by atoms with van der Waals surface area (Å²) in [5, 5.41) is 7.80.